The summed E-state index contributed by atoms with van der Waals surface area (Å²) in [6.45, 7) is 0.346. The van der Waals surface area contributed by atoms with Crippen LogP contribution in [-0.2, 0) is 0 Å². The lowest BCUT2D eigenvalue weighted by Gasteiger charge is -2.34. The van der Waals surface area contributed by atoms with Crippen molar-refractivity contribution in [2.45, 2.75) is 25.2 Å². The Morgan fingerprint density at radius 1 is 1.03 bits per heavy atom. The number of ether oxygens (including phenoxy) is 1. The minimum Gasteiger partial charge on any atom is -0.495 e. The van der Waals surface area contributed by atoms with Gasteiger partial charge < -0.3 is 15.0 Å². The monoisotopic (exact) mass is 550 g/mol. The van der Waals surface area contributed by atoms with Crippen molar-refractivity contribution in [1.82, 2.24) is 0 Å². The summed E-state index contributed by atoms with van der Waals surface area (Å²) in [7, 11) is 1.50. The molecule has 0 aromatic heterocycles. The summed E-state index contributed by atoms with van der Waals surface area (Å²) in [6, 6.07) is 16.0. The topological polar surface area (TPSA) is 41.6 Å². The zero-order chi connectivity index (χ0) is 25.2. The first-order valence-electron chi connectivity index (χ1n) is 11.0. The van der Waals surface area contributed by atoms with Crippen LogP contribution in [0.3, 0.4) is 0 Å². The number of carbonyl (C=O) groups is 1. The summed E-state index contributed by atoms with van der Waals surface area (Å²) in [4.78, 5) is 15.1. The van der Waals surface area contributed by atoms with Crippen molar-refractivity contribution in [1.29, 1.82) is 0 Å². The highest BCUT2D eigenvalue weighted by molar-refractivity contribution is 9.10. The van der Waals surface area contributed by atoms with Gasteiger partial charge in [-0.3, -0.25) is 4.79 Å². The summed E-state index contributed by atoms with van der Waals surface area (Å²) in [6.07, 6.45) is -3.08. The van der Waals surface area contributed by atoms with Crippen LogP contribution in [0.4, 0.5) is 28.9 Å². The highest BCUT2D eigenvalue weighted by atomic mass is 79.9. The maximum absolute atomic E-state index is 13.6. The molecule has 0 aliphatic carbocycles. The summed E-state index contributed by atoms with van der Waals surface area (Å²) in [5.41, 5.74) is 2.55. The molecule has 1 aliphatic heterocycles. The van der Waals surface area contributed by atoms with E-state index in [1.165, 1.54) is 19.2 Å². The third-order valence-corrected chi connectivity index (χ3v) is 6.47. The van der Waals surface area contributed by atoms with Crippen molar-refractivity contribution in [2.24, 2.45) is 0 Å². The van der Waals surface area contributed by atoms with Crippen LogP contribution in [-0.4, -0.2) is 32.0 Å². The molecule has 0 bridgehead atoms. The highest BCUT2D eigenvalue weighted by Crippen LogP contribution is 2.37. The number of amides is 1. The number of nitrogens with zero attached hydrogens (tertiary/aromatic N) is 1. The fourth-order valence-electron chi connectivity index (χ4n) is 4.05. The molecule has 0 radical (unpaired) electrons. The number of hydrogen-bond donors (Lipinski definition) is 1. The molecule has 1 saturated heterocycles. The molecule has 1 fully saturated rings. The van der Waals surface area contributed by atoms with E-state index in [4.69, 9.17) is 4.74 Å². The molecule has 4 rings (SSSR count). The van der Waals surface area contributed by atoms with Gasteiger partial charge in [-0.05, 0) is 47.5 Å². The van der Waals surface area contributed by atoms with Gasteiger partial charge in [-0.1, -0.05) is 40.2 Å². The van der Waals surface area contributed by atoms with Gasteiger partial charge in [0.15, 0.2) is 0 Å². The van der Waals surface area contributed by atoms with Crippen molar-refractivity contribution in [3.63, 3.8) is 0 Å². The number of piperidine rings is 1. The van der Waals surface area contributed by atoms with Gasteiger partial charge in [0.1, 0.15) is 5.75 Å². The average molecular weight is 551 g/mol. The van der Waals surface area contributed by atoms with E-state index in [9.17, 15) is 22.4 Å². The van der Waals surface area contributed by atoms with Crippen LogP contribution < -0.4 is 15.0 Å². The number of benzene rings is 3. The minimum atomic E-state index is -2.68. The number of halogens is 5. The zero-order valence-electron chi connectivity index (χ0n) is 18.8. The van der Waals surface area contributed by atoms with Crippen LogP contribution in [0.5, 0.6) is 5.75 Å². The number of methoxy groups -OCH3 is 1. The first kappa shape index (κ1) is 25.0. The summed E-state index contributed by atoms with van der Waals surface area (Å²) in [5.74, 6) is -2.55. The molecule has 1 heterocycles. The second-order valence-corrected chi connectivity index (χ2v) is 9.21. The Kier molecular flexibility index (Phi) is 7.35. The smallest absolute Gasteiger partial charge is 0.263 e. The number of carbonyl (C=O) groups excluding carboxylic acids is 1. The Morgan fingerprint density at radius 3 is 2.34 bits per heavy atom. The molecule has 0 saturated carbocycles. The number of rotatable bonds is 6. The molecule has 1 amide bonds. The Labute approximate surface area is 209 Å². The van der Waals surface area contributed by atoms with Crippen LogP contribution in [0.2, 0.25) is 0 Å². The predicted molar refractivity (Wildman–Crippen MR) is 132 cm³/mol. The third-order valence-electron chi connectivity index (χ3n) is 5.97. The van der Waals surface area contributed by atoms with E-state index in [0.717, 1.165) is 4.47 Å². The van der Waals surface area contributed by atoms with Crippen LogP contribution in [0.25, 0.3) is 11.1 Å². The number of hydrogen-bond acceptors (Lipinski definition) is 3. The van der Waals surface area contributed by atoms with Crippen LogP contribution >= 0.6 is 15.9 Å². The van der Waals surface area contributed by atoms with Crippen LogP contribution in [0, 0.1) is 0 Å². The van der Waals surface area contributed by atoms with Gasteiger partial charge in [0, 0.05) is 47.2 Å². The van der Waals surface area contributed by atoms with E-state index in [-0.39, 0.29) is 31.5 Å². The van der Waals surface area contributed by atoms with Gasteiger partial charge in [-0.25, -0.2) is 17.6 Å². The van der Waals surface area contributed by atoms with E-state index in [0.29, 0.717) is 33.8 Å². The molecule has 0 atom stereocenters. The summed E-state index contributed by atoms with van der Waals surface area (Å²) >= 11 is 3.40. The number of alkyl halides is 4. The zero-order valence-corrected chi connectivity index (χ0v) is 20.4. The van der Waals surface area contributed by atoms with Gasteiger partial charge in [0.2, 0.25) is 0 Å². The SMILES string of the molecule is COc1ccc(NC(=O)c2ccc(Br)cc2-c2ccc(C(F)F)cc2)cc1N1CCC(F)(F)CC1. The van der Waals surface area contributed by atoms with Crippen LogP contribution in [0.1, 0.15) is 35.2 Å². The van der Waals surface area contributed by atoms with Crippen molar-refractivity contribution in [3.8, 4) is 16.9 Å². The molecule has 1 N–H and O–H groups in total. The molecule has 3 aromatic carbocycles. The van der Waals surface area contributed by atoms with Crippen molar-refractivity contribution >= 4 is 33.2 Å². The molecule has 3 aromatic rings. The maximum Gasteiger partial charge on any atom is 0.263 e. The first-order valence-corrected chi connectivity index (χ1v) is 11.8. The van der Waals surface area contributed by atoms with Crippen molar-refractivity contribution in [2.75, 3.05) is 30.4 Å². The molecular weight excluding hydrogens is 528 g/mol. The largest absolute Gasteiger partial charge is 0.495 e. The second kappa shape index (κ2) is 10.3. The van der Waals surface area contributed by atoms with Gasteiger partial charge >= 0.3 is 0 Å². The summed E-state index contributed by atoms with van der Waals surface area (Å²) < 4.78 is 59.3. The van der Waals surface area contributed by atoms with E-state index in [1.807, 2.05) is 4.90 Å². The molecule has 0 spiro atoms. The maximum atomic E-state index is 13.6. The quantitative estimate of drug-likeness (QED) is 0.322. The van der Waals surface area contributed by atoms with E-state index in [2.05, 4.69) is 21.2 Å². The van der Waals surface area contributed by atoms with Gasteiger partial charge in [-0.15, -0.1) is 0 Å². The van der Waals surface area contributed by atoms with Crippen molar-refractivity contribution in [3.05, 3.63) is 76.3 Å². The molecule has 1 aliphatic rings. The highest BCUT2D eigenvalue weighted by Gasteiger charge is 2.34. The Balaban J connectivity index is 1.61. The molecule has 35 heavy (non-hydrogen) atoms. The lowest BCUT2D eigenvalue weighted by molar-refractivity contribution is -0.0221. The van der Waals surface area contributed by atoms with E-state index in [1.54, 1.807) is 48.5 Å². The number of anilines is 2. The lowest BCUT2D eigenvalue weighted by Crippen LogP contribution is -2.39. The Hall–Kier alpha value is -3.07. The predicted octanol–water partition coefficient (Wildman–Crippen LogP) is 7.55. The normalized spacial score (nSPS) is 15.2. The molecule has 184 valence electrons. The average Bonchev–Trinajstić information content (AvgIpc) is 2.84. The lowest BCUT2D eigenvalue weighted by atomic mass is 9.98. The minimum absolute atomic E-state index is 0.101. The second-order valence-electron chi connectivity index (χ2n) is 8.30. The first-order chi connectivity index (χ1) is 16.7. The Morgan fingerprint density at radius 2 is 1.71 bits per heavy atom. The van der Waals surface area contributed by atoms with E-state index < -0.39 is 18.3 Å². The molecular formula is C26H23BrF4N2O2. The van der Waals surface area contributed by atoms with Gasteiger partial charge in [0.05, 0.1) is 12.8 Å². The molecule has 9 heteroatoms. The third kappa shape index (κ3) is 5.78. The standard InChI is InChI=1S/C26H23BrF4N2O2/c1-35-23-9-7-19(15-22(23)33-12-10-26(30,31)11-13-33)32-25(34)20-8-6-18(27)14-21(20)16-2-4-17(5-3-16)24(28)29/h2-9,14-15,24H,10-13H2,1H3,(H,32,34). The van der Waals surface area contributed by atoms with Crippen LogP contribution in [0.15, 0.2) is 65.1 Å². The Bertz CT molecular complexity index is 1210. The van der Waals surface area contributed by atoms with Gasteiger partial charge in [-0.2, -0.15) is 0 Å². The van der Waals surface area contributed by atoms with Crippen molar-refractivity contribution < 1.29 is 27.1 Å². The summed E-state index contributed by atoms with van der Waals surface area (Å²) in [5, 5.41) is 2.86. The molecule has 4 nitrogen and oxygen atoms in total. The van der Waals surface area contributed by atoms with E-state index >= 15 is 0 Å². The fraction of sp³-hybridized carbons (Fsp3) is 0.269. The number of nitrogens with one attached hydrogen (secondary N) is 1. The molecule has 0 unspecified atom stereocenters. The fourth-order valence-corrected chi connectivity index (χ4v) is 4.41. The van der Waals surface area contributed by atoms with Gasteiger partial charge in [0.25, 0.3) is 18.3 Å².